The molecule has 142 valence electrons. The maximum atomic E-state index is 10.0. The van der Waals surface area contributed by atoms with Crippen molar-refractivity contribution in [1.82, 2.24) is 10.6 Å². The maximum absolute atomic E-state index is 10.0. The Labute approximate surface area is 149 Å². The molecule has 0 aliphatic carbocycles. The van der Waals surface area contributed by atoms with Gasteiger partial charge in [0.1, 0.15) is 11.9 Å². The van der Waals surface area contributed by atoms with Crippen molar-refractivity contribution in [2.24, 2.45) is 10.9 Å². The fourth-order valence-corrected chi connectivity index (χ4v) is 2.63. The minimum absolute atomic E-state index is 0.253. The molecule has 1 aromatic rings. The molecule has 0 amide bonds. The van der Waals surface area contributed by atoms with E-state index in [-0.39, 0.29) is 6.54 Å². The first-order valence-electron chi connectivity index (χ1n) is 9.18. The molecule has 0 spiro atoms. The molecular formula is C18H31N3O4. The third-order valence-electron chi connectivity index (χ3n) is 4.09. The van der Waals surface area contributed by atoms with Crippen molar-refractivity contribution in [2.45, 2.75) is 32.3 Å². The van der Waals surface area contributed by atoms with E-state index in [0.717, 1.165) is 58.8 Å². The van der Waals surface area contributed by atoms with Crippen molar-refractivity contribution in [3.8, 4) is 0 Å². The van der Waals surface area contributed by atoms with Crippen LogP contribution in [0.15, 0.2) is 27.8 Å². The van der Waals surface area contributed by atoms with Crippen LogP contribution in [-0.4, -0.2) is 57.1 Å². The van der Waals surface area contributed by atoms with Crippen molar-refractivity contribution >= 4 is 5.96 Å². The fourth-order valence-electron chi connectivity index (χ4n) is 2.63. The highest BCUT2D eigenvalue weighted by molar-refractivity contribution is 5.79. The van der Waals surface area contributed by atoms with Crippen molar-refractivity contribution in [3.63, 3.8) is 0 Å². The lowest BCUT2D eigenvalue weighted by atomic mass is 10.0. The summed E-state index contributed by atoms with van der Waals surface area (Å²) in [6.07, 6.45) is 3.94. The number of hydrogen-bond acceptors (Lipinski definition) is 5. The van der Waals surface area contributed by atoms with Crippen LogP contribution in [0.25, 0.3) is 0 Å². The van der Waals surface area contributed by atoms with E-state index < -0.39 is 6.10 Å². The Kier molecular flexibility index (Phi) is 9.40. The molecule has 1 aliphatic heterocycles. The Morgan fingerprint density at radius 2 is 2.24 bits per heavy atom. The molecule has 1 atom stereocenters. The van der Waals surface area contributed by atoms with Crippen LogP contribution in [0.3, 0.4) is 0 Å². The summed E-state index contributed by atoms with van der Waals surface area (Å²) >= 11 is 0. The summed E-state index contributed by atoms with van der Waals surface area (Å²) in [5.41, 5.74) is 0. The van der Waals surface area contributed by atoms with Gasteiger partial charge in [-0.2, -0.15) is 0 Å². The van der Waals surface area contributed by atoms with Crippen LogP contribution in [0.5, 0.6) is 0 Å². The van der Waals surface area contributed by atoms with Crippen LogP contribution in [0.1, 0.15) is 38.1 Å². The van der Waals surface area contributed by atoms with E-state index in [0.29, 0.717) is 17.6 Å². The van der Waals surface area contributed by atoms with Crippen LogP contribution in [0.4, 0.5) is 0 Å². The SMILES string of the molecule is CCNC(=NCC(O)c1ccco1)NCCCOCC1CCOCC1. The lowest BCUT2D eigenvalue weighted by molar-refractivity contribution is 0.0203. The number of guanidine groups is 1. The molecule has 7 nitrogen and oxygen atoms in total. The zero-order valence-electron chi connectivity index (χ0n) is 15.1. The van der Waals surface area contributed by atoms with Crippen LogP contribution in [0.2, 0.25) is 0 Å². The lowest BCUT2D eigenvalue weighted by Gasteiger charge is -2.21. The molecule has 3 N–H and O–H groups in total. The Bertz CT molecular complexity index is 473. The summed E-state index contributed by atoms with van der Waals surface area (Å²) in [6.45, 7) is 7.09. The van der Waals surface area contributed by atoms with Gasteiger partial charge in [0.2, 0.25) is 0 Å². The topological polar surface area (TPSA) is 88.3 Å². The van der Waals surface area contributed by atoms with Crippen LogP contribution in [-0.2, 0) is 9.47 Å². The van der Waals surface area contributed by atoms with Crippen LogP contribution < -0.4 is 10.6 Å². The van der Waals surface area contributed by atoms with Crippen molar-refractivity contribution in [2.75, 3.05) is 46.1 Å². The van der Waals surface area contributed by atoms with E-state index in [1.807, 2.05) is 6.92 Å². The number of nitrogens with one attached hydrogen (secondary N) is 2. The largest absolute Gasteiger partial charge is 0.467 e. The average molecular weight is 353 g/mol. The molecular weight excluding hydrogens is 322 g/mol. The van der Waals surface area contributed by atoms with Crippen LogP contribution >= 0.6 is 0 Å². The van der Waals surface area contributed by atoms with E-state index in [4.69, 9.17) is 13.9 Å². The second kappa shape index (κ2) is 11.9. The zero-order valence-corrected chi connectivity index (χ0v) is 15.1. The third kappa shape index (κ3) is 7.90. The number of ether oxygens (including phenoxy) is 2. The molecule has 1 aliphatic rings. The number of aliphatic hydroxyl groups excluding tert-OH is 1. The molecule has 1 fully saturated rings. The van der Waals surface area contributed by atoms with Gasteiger partial charge in [-0.25, -0.2) is 0 Å². The van der Waals surface area contributed by atoms with Crippen LogP contribution in [0, 0.1) is 5.92 Å². The van der Waals surface area contributed by atoms with Crippen molar-refractivity contribution in [3.05, 3.63) is 24.2 Å². The summed E-state index contributed by atoms with van der Waals surface area (Å²) in [6, 6.07) is 3.50. The first-order valence-corrected chi connectivity index (χ1v) is 9.18. The van der Waals surface area contributed by atoms with Crippen molar-refractivity contribution in [1.29, 1.82) is 0 Å². The quantitative estimate of drug-likeness (QED) is 0.337. The standard InChI is InChI=1S/C18H31N3O4/c1-2-19-18(21-13-16(22)17-5-3-10-25-17)20-8-4-9-24-14-15-6-11-23-12-7-15/h3,5,10,15-16,22H,2,4,6-9,11-14H2,1H3,(H2,19,20,21). The monoisotopic (exact) mass is 353 g/mol. The van der Waals surface area contributed by atoms with Gasteiger partial charge in [-0.3, -0.25) is 4.99 Å². The number of aliphatic hydroxyl groups is 1. The normalized spacial score (nSPS) is 17.4. The minimum atomic E-state index is -0.728. The number of furan rings is 1. The van der Waals surface area contributed by atoms with Gasteiger partial charge in [0.05, 0.1) is 12.8 Å². The van der Waals surface area contributed by atoms with Gasteiger partial charge in [-0.1, -0.05) is 0 Å². The Morgan fingerprint density at radius 3 is 2.96 bits per heavy atom. The predicted octanol–water partition coefficient (Wildman–Crippen LogP) is 1.70. The zero-order chi connectivity index (χ0) is 17.7. The van der Waals surface area contributed by atoms with Gasteiger partial charge in [0, 0.05) is 39.5 Å². The number of nitrogens with zero attached hydrogens (tertiary/aromatic N) is 1. The molecule has 1 aromatic heterocycles. The molecule has 2 rings (SSSR count). The van der Waals surface area contributed by atoms with E-state index >= 15 is 0 Å². The fraction of sp³-hybridized carbons (Fsp3) is 0.722. The van der Waals surface area contributed by atoms with Gasteiger partial charge in [-0.05, 0) is 44.2 Å². The highest BCUT2D eigenvalue weighted by Gasteiger charge is 2.13. The Morgan fingerprint density at radius 1 is 1.40 bits per heavy atom. The predicted molar refractivity (Wildman–Crippen MR) is 96.6 cm³/mol. The lowest BCUT2D eigenvalue weighted by Crippen LogP contribution is -2.38. The molecule has 25 heavy (non-hydrogen) atoms. The highest BCUT2D eigenvalue weighted by atomic mass is 16.5. The summed E-state index contributed by atoms with van der Waals surface area (Å²) in [5.74, 6) is 1.86. The van der Waals surface area contributed by atoms with E-state index in [1.54, 1.807) is 18.4 Å². The summed E-state index contributed by atoms with van der Waals surface area (Å²) < 4.78 is 16.3. The molecule has 2 heterocycles. The third-order valence-corrected chi connectivity index (χ3v) is 4.09. The molecule has 1 unspecified atom stereocenters. The van der Waals surface area contributed by atoms with Gasteiger partial charge in [0.15, 0.2) is 5.96 Å². The van der Waals surface area contributed by atoms with E-state index in [9.17, 15) is 5.11 Å². The van der Waals surface area contributed by atoms with E-state index in [2.05, 4.69) is 15.6 Å². The minimum Gasteiger partial charge on any atom is -0.467 e. The number of rotatable bonds is 10. The number of aliphatic imine (C=N–C) groups is 1. The first kappa shape index (κ1) is 19.8. The summed E-state index contributed by atoms with van der Waals surface area (Å²) in [4.78, 5) is 4.39. The summed E-state index contributed by atoms with van der Waals surface area (Å²) in [7, 11) is 0. The molecule has 0 aromatic carbocycles. The maximum Gasteiger partial charge on any atom is 0.191 e. The Balaban J connectivity index is 1.59. The van der Waals surface area contributed by atoms with E-state index in [1.165, 1.54) is 0 Å². The van der Waals surface area contributed by atoms with Gasteiger partial charge < -0.3 is 29.6 Å². The molecule has 0 bridgehead atoms. The first-order chi connectivity index (χ1) is 12.3. The van der Waals surface area contributed by atoms with Crippen molar-refractivity contribution < 1.29 is 19.0 Å². The smallest absolute Gasteiger partial charge is 0.191 e. The van der Waals surface area contributed by atoms with Gasteiger partial charge in [-0.15, -0.1) is 0 Å². The highest BCUT2D eigenvalue weighted by Crippen LogP contribution is 2.14. The molecule has 0 radical (unpaired) electrons. The second-order valence-electron chi connectivity index (χ2n) is 6.16. The molecule has 0 saturated carbocycles. The number of hydrogen-bond donors (Lipinski definition) is 3. The Hall–Kier alpha value is -1.57. The average Bonchev–Trinajstić information content (AvgIpc) is 3.18. The molecule has 7 heteroatoms. The second-order valence-corrected chi connectivity index (χ2v) is 6.16. The van der Waals surface area contributed by atoms with Gasteiger partial charge >= 0.3 is 0 Å². The summed E-state index contributed by atoms with van der Waals surface area (Å²) in [5, 5.41) is 16.4. The molecule has 1 saturated heterocycles. The van der Waals surface area contributed by atoms with Gasteiger partial charge in [0.25, 0.3) is 0 Å².